The van der Waals surface area contributed by atoms with Gasteiger partial charge in [-0.25, -0.2) is 0 Å². The van der Waals surface area contributed by atoms with Gasteiger partial charge in [0.05, 0.1) is 18.0 Å². The van der Waals surface area contributed by atoms with Gasteiger partial charge in [0.1, 0.15) is 0 Å². The molecule has 10 heavy (non-hydrogen) atoms. The number of aliphatic hydroxyl groups excluding tert-OH is 1. The molecule has 0 saturated heterocycles. The highest BCUT2D eigenvalue weighted by molar-refractivity contribution is 5.80. The molecular weight excluding hydrogens is 128 g/mol. The van der Waals surface area contributed by atoms with Gasteiger partial charge in [-0.3, -0.25) is 4.99 Å². The van der Waals surface area contributed by atoms with Gasteiger partial charge >= 0.3 is 0 Å². The van der Waals surface area contributed by atoms with E-state index in [1.165, 1.54) is 0 Å². The summed E-state index contributed by atoms with van der Waals surface area (Å²) in [5.74, 6) is 0.523. The maximum absolute atomic E-state index is 8.47. The minimum atomic E-state index is -0.126. The van der Waals surface area contributed by atoms with Crippen molar-refractivity contribution in [3.8, 4) is 0 Å². The van der Waals surface area contributed by atoms with Crippen LogP contribution < -0.4 is 5.73 Å². The van der Waals surface area contributed by atoms with Crippen molar-refractivity contribution >= 4 is 5.84 Å². The predicted octanol–water partition coefficient (Wildman–Crippen LogP) is 0.525. The van der Waals surface area contributed by atoms with Crippen LogP contribution in [0.5, 0.6) is 0 Å². The maximum Gasteiger partial charge on any atom is 0.0966 e. The minimum absolute atomic E-state index is 0.0748. The Hall–Kier alpha value is -0.570. The van der Waals surface area contributed by atoms with Crippen molar-refractivity contribution in [3.05, 3.63) is 0 Å². The number of aliphatic hydroxyl groups is 1. The van der Waals surface area contributed by atoms with E-state index in [4.69, 9.17) is 10.8 Å². The third-order valence-corrected chi connectivity index (χ3v) is 0.847. The lowest BCUT2D eigenvalue weighted by molar-refractivity contribution is 0.306. The van der Waals surface area contributed by atoms with E-state index in [0.29, 0.717) is 12.3 Å². The van der Waals surface area contributed by atoms with Crippen LogP contribution in [0.1, 0.15) is 27.2 Å². The smallest absolute Gasteiger partial charge is 0.0966 e. The molecule has 0 aromatic rings. The lowest BCUT2D eigenvalue weighted by Crippen LogP contribution is -2.21. The van der Waals surface area contributed by atoms with Gasteiger partial charge in [-0.2, -0.15) is 0 Å². The molecule has 0 aliphatic rings. The molecule has 60 valence electrons. The van der Waals surface area contributed by atoms with Crippen LogP contribution in [0.25, 0.3) is 0 Å². The number of nitrogens with two attached hydrogens (primary N) is 1. The van der Waals surface area contributed by atoms with Gasteiger partial charge in [-0.15, -0.1) is 0 Å². The molecule has 0 radical (unpaired) electrons. The summed E-state index contributed by atoms with van der Waals surface area (Å²) >= 11 is 0. The molecule has 3 heteroatoms. The Morgan fingerprint density at radius 3 is 2.30 bits per heavy atom. The molecule has 0 bridgehead atoms. The van der Waals surface area contributed by atoms with Crippen molar-refractivity contribution < 1.29 is 5.11 Å². The summed E-state index contributed by atoms with van der Waals surface area (Å²) in [7, 11) is 0. The van der Waals surface area contributed by atoms with Crippen molar-refractivity contribution in [2.75, 3.05) is 6.61 Å². The third-order valence-electron chi connectivity index (χ3n) is 0.847. The number of nitrogens with zero attached hydrogens (tertiary/aromatic N) is 1. The summed E-state index contributed by atoms with van der Waals surface area (Å²) in [5.41, 5.74) is 5.33. The Balaban J connectivity index is 3.90. The molecular formula is C7H16N2O. The van der Waals surface area contributed by atoms with Gasteiger partial charge in [0, 0.05) is 6.42 Å². The minimum Gasteiger partial charge on any atom is -0.396 e. The molecule has 0 atom stereocenters. The monoisotopic (exact) mass is 144 g/mol. The van der Waals surface area contributed by atoms with Gasteiger partial charge in [-0.1, -0.05) is 0 Å². The summed E-state index contributed by atoms with van der Waals surface area (Å²) < 4.78 is 0. The Kier molecular flexibility index (Phi) is 3.36. The number of rotatable bonds is 2. The van der Waals surface area contributed by atoms with E-state index in [2.05, 4.69) is 4.99 Å². The van der Waals surface area contributed by atoms with Crippen LogP contribution in [0, 0.1) is 0 Å². The molecule has 0 saturated carbocycles. The number of hydrogen-bond donors (Lipinski definition) is 2. The summed E-state index contributed by atoms with van der Waals surface area (Å²) in [4.78, 5) is 4.13. The molecule has 0 spiro atoms. The summed E-state index contributed by atoms with van der Waals surface area (Å²) in [6.45, 7) is 5.98. The van der Waals surface area contributed by atoms with Crippen LogP contribution in [0.2, 0.25) is 0 Å². The van der Waals surface area contributed by atoms with Crippen LogP contribution in [0.15, 0.2) is 4.99 Å². The van der Waals surface area contributed by atoms with Crippen molar-refractivity contribution in [1.82, 2.24) is 0 Å². The highest BCUT2D eigenvalue weighted by atomic mass is 16.3. The van der Waals surface area contributed by atoms with Crippen LogP contribution >= 0.6 is 0 Å². The molecule has 0 aromatic heterocycles. The zero-order valence-electron chi connectivity index (χ0n) is 6.89. The molecule has 0 unspecified atom stereocenters. The third kappa shape index (κ3) is 5.56. The molecule has 0 aliphatic heterocycles. The van der Waals surface area contributed by atoms with E-state index in [1.54, 1.807) is 0 Å². The van der Waals surface area contributed by atoms with Crippen molar-refractivity contribution in [2.24, 2.45) is 10.7 Å². The average Bonchev–Trinajstić information content (AvgIpc) is 1.59. The maximum atomic E-state index is 8.47. The Morgan fingerprint density at radius 2 is 2.00 bits per heavy atom. The fourth-order valence-corrected chi connectivity index (χ4v) is 0.601. The van der Waals surface area contributed by atoms with Gasteiger partial charge in [0.15, 0.2) is 0 Å². The van der Waals surface area contributed by atoms with Gasteiger partial charge in [0.25, 0.3) is 0 Å². The van der Waals surface area contributed by atoms with Crippen LogP contribution in [-0.2, 0) is 0 Å². The van der Waals surface area contributed by atoms with Crippen molar-refractivity contribution in [2.45, 2.75) is 32.7 Å². The molecule has 0 heterocycles. The van der Waals surface area contributed by atoms with Gasteiger partial charge in [0.2, 0.25) is 0 Å². The van der Waals surface area contributed by atoms with E-state index in [1.807, 2.05) is 20.8 Å². The van der Waals surface area contributed by atoms with Crippen LogP contribution in [-0.4, -0.2) is 23.1 Å². The van der Waals surface area contributed by atoms with Crippen LogP contribution in [0.3, 0.4) is 0 Å². The quantitative estimate of drug-likeness (QED) is 0.438. The molecule has 3 N–H and O–H groups in total. The molecule has 0 aromatic carbocycles. The predicted molar refractivity (Wildman–Crippen MR) is 43.1 cm³/mol. The molecule has 3 nitrogen and oxygen atoms in total. The fourth-order valence-electron chi connectivity index (χ4n) is 0.601. The van der Waals surface area contributed by atoms with Gasteiger partial charge < -0.3 is 10.8 Å². The zero-order valence-corrected chi connectivity index (χ0v) is 6.89. The first kappa shape index (κ1) is 9.43. The second-order valence-electron chi connectivity index (χ2n) is 3.25. The first-order valence-electron chi connectivity index (χ1n) is 3.41. The second-order valence-corrected chi connectivity index (χ2v) is 3.25. The molecule has 0 rings (SSSR count). The molecule has 0 fully saturated rings. The number of amidine groups is 1. The van der Waals surface area contributed by atoms with Crippen LogP contribution in [0.4, 0.5) is 0 Å². The average molecular weight is 144 g/mol. The lowest BCUT2D eigenvalue weighted by Gasteiger charge is -2.12. The summed E-state index contributed by atoms with van der Waals surface area (Å²) in [6.07, 6.45) is 0.470. The fraction of sp³-hybridized carbons (Fsp3) is 0.857. The standard InChI is InChI=1S/C7H16N2O/c1-7(2,3)9-6(8)4-5-10/h10H,4-5H2,1-3H3,(H2,8,9). The highest BCUT2D eigenvalue weighted by Gasteiger charge is 2.06. The second kappa shape index (κ2) is 3.56. The molecule has 0 aliphatic carbocycles. The largest absolute Gasteiger partial charge is 0.396 e. The Morgan fingerprint density at radius 1 is 1.50 bits per heavy atom. The normalized spacial score (nSPS) is 13.8. The van der Waals surface area contributed by atoms with E-state index in [0.717, 1.165) is 0 Å². The SMILES string of the molecule is CC(C)(C)N=C(N)CCO. The first-order valence-corrected chi connectivity index (χ1v) is 3.41. The lowest BCUT2D eigenvalue weighted by atomic mass is 10.1. The Labute approximate surface area is 62.0 Å². The van der Waals surface area contributed by atoms with Crippen molar-refractivity contribution in [3.63, 3.8) is 0 Å². The summed E-state index contributed by atoms with van der Waals surface area (Å²) in [6, 6.07) is 0. The van der Waals surface area contributed by atoms with E-state index in [-0.39, 0.29) is 12.1 Å². The number of hydrogen-bond acceptors (Lipinski definition) is 2. The van der Waals surface area contributed by atoms with E-state index in [9.17, 15) is 0 Å². The van der Waals surface area contributed by atoms with E-state index < -0.39 is 0 Å². The zero-order chi connectivity index (χ0) is 8.20. The van der Waals surface area contributed by atoms with Crippen molar-refractivity contribution in [1.29, 1.82) is 0 Å². The number of aliphatic imine (C=N–C) groups is 1. The summed E-state index contributed by atoms with van der Waals surface area (Å²) in [5, 5.41) is 8.47. The topological polar surface area (TPSA) is 58.6 Å². The van der Waals surface area contributed by atoms with Gasteiger partial charge in [-0.05, 0) is 20.8 Å². The first-order chi connectivity index (χ1) is 4.45. The Bertz CT molecular complexity index is 124. The highest BCUT2D eigenvalue weighted by Crippen LogP contribution is 2.05. The van der Waals surface area contributed by atoms with E-state index >= 15 is 0 Å². The molecule has 0 amide bonds.